The van der Waals surface area contributed by atoms with Gasteiger partial charge in [0.25, 0.3) is 5.91 Å². The fraction of sp³-hybridized carbons (Fsp3) is 0.167. The third-order valence-corrected chi connectivity index (χ3v) is 3.24. The molecule has 0 unspecified atom stereocenters. The van der Waals surface area contributed by atoms with E-state index < -0.39 is 11.9 Å². The molecule has 1 amide bonds. The van der Waals surface area contributed by atoms with Crippen LogP contribution in [0.15, 0.2) is 28.0 Å². The molecule has 0 aromatic carbocycles. The normalized spacial score (nSPS) is 10.3. The van der Waals surface area contributed by atoms with Crippen molar-refractivity contribution in [2.75, 3.05) is 5.32 Å². The molecular weight excluding hydrogens is 254 g/mol. The second-order valence-electron chi connectivity index (χ2n) is 3.54. The molecule has 0 radical (unpaired) electrons. The Labute approximate surface area is 107 Å². The molecule has 0 aliphatic heterocycles. The number of anilines is 1. The molecule has 18 heavy (non-hydrogen) atoms. The largest absolute Gasteiger partial charge is 0.477 e. The second kappa shape index (κ2) is 5.05. The van der Waals surface area contributed by atoms with E-state index in [2.05, 4.69) is 5.32 Å². The van der Waals surface area contributed by atoms with Crippen molar-refractivity contribution in [2.24, 2.45) is 0 Å². The lowest BCUT2D eigenvalue weighted by Crippen LogP contribution is -2.12. The molecule has 2 heterocycles. The Morgan fingerprint density at radius 2 is 2.17 bits per heavy atom. The van der Waals surface area contributed by atoms with Crippen LogP contribution in [0.5, 0.6) is 0 Å². The van der Waals surface area contributed by atoms with Gasteiger partial charge >= 0.3 is 5.97 Å². The maximum absolute atomic E-state index is 11.8. The lowest BCUT2D eigenvalue weighted by molar-refractivity contribution is 0.0703. The fourth-order valence-corrected chi connectivity index (χ4v) is 2.13. The highest BCUT2D eigenvalue weighted by Gasteiger charge is 2.16. The molecule has 0 atom stereocenters. The van der Waals surface area contributed by atoms with E-state index in [4.69, 9.17) is 9.52 Å². The predicted molar refractivity (Wildman–Crippen MR) is 67.3 cm³/mol. The third kappa shape index (κ3) is 2.43. The van der Waals surface area contributed by atoms with E-state index in [1.165, 1.54) is 0 Å². The van der Waals surface area contributed by atoms with Crippen molar-refractivity contribution in [2.45, 2.75) is 13.3 Å². The van der Waals surface area contributed by atoms with E-state index in [9.17, 15) is 9.59 Å². The Kier molecular flexibility index (Phi) is 3.47. The zero-order chi connectivity index (χ0) is 13.1. The molecule has 2 aromatic heterocycles. The first-order valence-corrected chi connectivity index (χ1v) is 6.20. The van der Waals surface area contributed by atoms with Crippen LogP contribution in [-0.4, -0.2) is 17.0 Å². The zero-order valence-corrected chi connectivity index (χ0v) is 10.4. The topological polar surface area (TPSA) is 79.5 Å². The van der Waals surface area contributed by atoms with E-state index in [0.717, 1.165) is 11.3 Å². The minimum absolute atomic E-state index is 0.102. The van der Waals surface area contributed by atoms with Crippen molar-refractivity contribution in [3.63, 3.8) is 0 Å². The van der Waals surface area contributed by atoms with Gasteiger partial charge in [-0.25, -0.2) is 4.79 Å². The Hall–Kier alpha value is -2.08. The van der Waals surface area contributed by atoms with Gasteiger partial charge in [0, 0.05) is 6.42 Å². The van der Waals surface area contributed by atoms with Gasteiger partial charge in [-0.05, 0) is 23.6 Å². The molecule has 5 nitrogen and oxygen atoms in total. The number of aryl methyl sites for hydroxylation is 1. The quantitative estimate of drug-likeness (QED) is 0.890. The summed E-state index contributed by atoms with van der Waals surface area (Å²) >= 11 is 1.06. The van der Waals surface area contributed by atoms with Crippen LogP contribution < -0.4 is 5.32 Å². The predicted octanol–water partition coefficient (Wildman–Crippen LogP) is 2.85. The number of carboxylic acids is 1. The number of carbonyl (C=O) groups excluding carboxylic acids is 1. The van der Waals surface area contributed by atoms with E-state index in [-0.39, 0.29) is 16.3 Å². The smallest absolute Gasteiger partial charge is 0.348 e. The molecule has 0 saturated carbocycles. The highest BCUT2D eigenvalue weighted by molar-refractivity contribution is 7.12. The Morgan fingerprint density at radius 1 is 1.39 bits per heavy atom. The van der Waals surface area contributed by atoms with Crippen molar-refractivity contribution >= 4 is 28.9 Å². The first-order valence-electron chi connectivity index (χ1n) is 5.32. The summed E-state index contributed by atoms with van der Waals surface area (Å²) in [6.45, 7) is 1.92. The number of nitrogens with one attached hydrogen (secondary N) is 1. The standard InChI is InChI=1S/C12H11NO4S/c1-2-7-3-4-9(17-7)11(14)13-8-5-6-18-10(8)12(15)16/h3-6H,2H2,1H3,(H,13,14)(H,15,16). The molecule has 0 spiro atoms. The number of hydrogen-bond acceptors (Lipinski definition) is 4. The average molecular weight is 265 g/mol. The molecule has 2 N–H and O–H groups in total. The van der Waals surface area contributed by atoms with E-state index in [1.807, 2.05) is 6.92 Å². The molecular formula is C12H11NO4S. The summed E-state index contributed by atoms with van der Waals surface area (Å²) in [5.41, 5.74) is 0.284. The van der Waals surface area contributed by atoms with Crippen LogP contribution in [0.4, 0.5) is 5.69 Å². The van der Waals surface area contributed by atoms with Crippen molar-refractivity contribution in [3.8, 4) is 0 Å². The van der Waals surface area contributed by atoms with Crippen molar-refractivity contribution in [3.05, 3.63) is 40.0 Å². The van der Waals surface area contributed by atoms with E-state index in [1.54, 1.807) is 23.6 Å². The third-order valence-electron chi connectivity index (χ3n) is 2.34. The highest BCUT2D eigenvalue weighted by atomic mass is 32.1. The summed E-state index contributed by atoms with van der Waals surface area (Å²) in [5.74, 6) is -0.622. The number of furan rings is 1. The molecule has 0 saturated heterocycles. The minimum atomic E-state index is -1.06. The molecule has 0 bridgehead atoms. The van der Waals surface area contributed by atoms with Crippen LogP contribution in [0.25, 0.3) is 0 Å². The monoisotopic (exact) mass is 265 g/mol. The van der Waals surface area contributed by atoms with E-state index in [0.29, 0.717) is 12.2 Å². The fourth-order valence-electron chi connectivity index (χ4n) is 1.45. The van der Waals surface area contributed by atoms with Gasteiger partial charge in [-0.3, -0.25) is 4.79 Å². The number of aromatic carboxylic acids is 1. The summed E-state index contributed by atoms with van der Waals surface area (Å²) in [4.78, 5) is 22.8. The zero-order valence-electron chi connectivity index (χ0n) is 9.60. The van der Waals surface area contributed by atoms with Crippen molar-refractivity contribution < 1.29 is 19.1 Å². The first kappa shape index (κ1) is 12.4. The molecule has 0 aliphatic carbocycles. The van der Waals surface area contributed by atoms with Crippen LogP contribution in [0.3, 0.4) is 0 Å². The van der Waals surface area contributed by atoms with E-state index >= 15 is 0 Å². The first-order chi connectivity index (χ1) is 8.61. The minimum Gasteiger partial charge on any atom is -0.477 e. The SMILES string of the molecule is CCc1ccc(C(=O)Nc2ccsc2C(=O)O)o1. The number of hydrogen-bond donors (Lipinski definition) is 2. The summed E-state index contributed by atoms with van der Waals surface area (Å²) in [6, 6.07) is 4.84. The van der Waals surface area contributed by atoms with Crippen LogP contribution in [0, 0.1) is 0 Å². The number of rotatable bonds is 4. The van der Waals surface area contributed by atoms with Gasteiger partial charge in [-0.1, -0.05) is 6.92 Å². The Balaban J connectivity index is 2.16. The summed E-state index contributed by atoms with van der Waals surface area (Å²) in [7, 11) is 0. The lowest BCUT2D eigenvalue weighted by Gasteiger charge is -2.01. The molecule has 94 valence electrons. The molecule has 2 rings (SSSR count). The number of thiophene rings is 1. The second-order valence-corrected chi connectivity index (χ2v) is 4.46. The van der Waals surface area contributed by atoms with Gasteiger partial charge in [-0.15, -0.1) is 11.3 Å². The number of carboxylic acid groups (broad SMARTS) is 1. The van der Waals surface area contributed by atoms with Gasteiger partial charge < -0.3 is 14.8 Å². The average Bonchev–Trinajstić information content (AvgIpc) is 2.96. The number of carbonyl (C=O) groups is 2. The van der Waals surface area contributed by atoms with Crippen molar-refractivity contribution in [1.29, 1.82) is 0 Å². The maximum atomic E-state index is 11.8. The summed E-state index contributed by atoms with van der Waals surface area (Å²) in [5, 5.41) is 13.0. The molecule has 2 aromatic rings. The van der Waals surface area contributed by atoms with Gasteiger partial charge in [0.15, 0.2) is 5.76 Å². The number of amides is 1. The maximum Gasteiger partial charge on any atom is 0.348 e. The highest BCUT2D eigenvalue weighted by Crippen LogP contribution is 2.23. The molecule has 6 heteroatoms. The van der Waals surface area contributed by atoms with Gasteiger partial charge in [-0.2, -0.15) is 0 Å². The lowest BCUT2D eigenvalue weighted by atomic mass is 10.3. The molecule has 0 aliphatic rings. The van der Waals surface area contributed by atoms with Gasteiger partial charge in [0.1, 0.15) is 10.6 Å². The van der Waals surface area contributed by atoms with Gasteiger partial charge in [0.2, 0.25) is 0 Å². The van der Waals surface area contributed by atoms with Crippen LogP contribution >= 0.6 is 11.3 Å². The Bertz CT molecular complexity index is 584. The van der Waals surface area contributed by atoms with Gasteiger partial charge in [0.05, 0.1) is 5.69 Å². The summed E-state index contributed by atoms with van der Waals surface area (Å²) in [6.07, 6.45) is 0.701. The summed E-state index contributed by atoms with van der Waals surface area (Å²) < 4.78 is 5.29. The van der Waals surface area contributed by atoms with Crippen LogP contribution in [0.2, 0.25) is 0 Å². The van der Waals surface area contributed by atoms with Crippen LogP contribution in [0.1, 0.15) is 32.9 Å². The van der Waals surface area contributed by atoms with Crippen molar-refractivity contribution in [1.82, 2.24) is 0 Å². The van der Waals surface area contributed by atoms with Crippen LogP contribution in [-0.2, 0) is 6.42 Å². The molecule has 0 fully saturated rings. The Morgan fingerprint density at radius 3 is 2.78 bits per heavy atom.